The van der Waals surface area contributed by atoms with E-state index in [0.717, 1.165) is 37.9 Å². The van der Waals surface area contributed by atoms with Gasteiger partial charge < -0.3 is 14.9 Å². The summed E-state index contributed by atoms with van der Waals surface area (Å²) in [6.07, 6.45) is 2.43. The maximum Gasteiger partial charge on any atom is 0.408 e. The number of carbonyl (C=O) groups is 3. The van der Waals surface area contributed by atoms with Crippen LogP contribution in [0.25, 0.3) is 0 Å². The second kappa shape index (κ2) is 8.41. The molecular weight excluding hydrogens is 346 g/mol. The number of amides is 3. The van der Waals surface area contributed by atoms with Crippen molar-refractivity contribution in [3.63, 3.8) is 0 Å². The number of carbonyl (C=O) groups excluding carboxylic acids is 2. The van der Waals surface area contributed by atoms with E-state index < -0.39 is 18.2 Å². The lowest BCUT2D eigenvalue weighted by Crippen LogP contribution is -2.51. The number of carboxylic acid groups (broad SMARTS) is 1. The van der Waals surface area contributed by atoms with Crippen LogP contribution < -0.4 is 0 Å². The van der Waals surface area contributed by atoms with Gasteiger partial charge in [0, 0.05) is 26.2 Å². The van der Waals surface area contributed by atoms with Crippen molar-refractivity contribution in [1.29, 1.82) is 0 Å². The van der Waals surface area contributed by atoms with Crippen molar-refractivity contribution in [2.45, 2.75) is 51.2 Å². The van der Waals surface area contributed by atoms with Gasteiger partial charge in [0.05, 0.1) is 0 Å². The second-order valence-electron chi connectivity index (χ2n) is 7.29. The predicted molar refractivity (Wildman–Crippen MR) is 100 cm³/mol. The highest BCUT2D eigenvalue weighted by Crippen LogP contribution is 2.23. The van der Waals surface area contributed by atoms with Crippen LogP contribution in [0.4, 0.5) is 4.79 Å². The molecule has 27 heavy (non-hydrogen) atoms. The highest BCUT2D eigenvalue weighted by atomic mass is 16.4. The molecule has 0 aliphatic carbocycles. The fraction of sp³-hybridized carbons (Fsp3) is 0.550. The first kappa shape index (κ1) is 19.2. The Kier molecular flexibility index (Phi) is 5.98. The van der Waals surface area contributed by atoms with Crippen LogP contribution in [0.1, 0.15) is 38.2 Å². The van der Waals surface area contributed by atoms with Crippen LogP contribution >= 0.6 is 0 Å². The van der Waals surface area contributed by atoms with E-state index in [2.05, 4.69) is 0 Å². The standard InChI is InChI=1S/C20H27N3O4/c1-15(18(24)21-11-6-3-7-12-21)22-13-10-17(19(22)25)23(20(26)27)14-16-8-4-2-5-9-16/h2,4-5,8-9,15,17H,3,6-7,10-14H2,1H3,(H,26,27)/t15-,17+/m0/s1. The van der Waals surface area contributed by atoms with E-state index in [9.17, 15) is 19.5 Å². The van der Waals surface area contributed by atoms with Gasteiger partial charge in [0.1, 0.15) is 12.1 Å². The van der Waals surface area contributed by atoms with Crippen LogP contribution in [0.5, 0.6) is 0 Å². The molecule has 0 unspecified atom stereocenters. The third kappa shape index (κ3) is 4.23. The van der Waals surface area contributed by atoms with Gasteiger partial charge in [0.2, 0.25) is 11.8 Å². The Morgan fingerprint density at radius 1 is 1.15 bits per heavy atom. The Morgan fingerprint density at radius 2 is 1.81 bits per heavy atom. The lowest BCUT2D eigenvalue weighted by Gasteiger charge is -2.33. The fourth-order valence-corrected chi connectivity index (χ4v) is 3.96. The van der Waals surface area contributed by atoms with E-state index in [1.165, 1.54) is 4.90 Å². The fourth-order valence-electron chi connectivity index (χ4n) is 3.96. The van der Waals surface area contributed by atoms with Crippen LogP contribution in [-0.4, -0.2) is 69.4 Å². The molecule has 3 rings (SSSR count). The van der Waals surface area contributed by atoms with Gasteiger partial charge in [0.15, 0.2) is 0 Å². The molecule has 0 spiro atoms. The number of likely N-dealkylation sites (tertiary alicyclic amines) is 2. The quantitative estimate of drug-likeness (QED) is 0.858. The van der Waals surface area contributed by atoms with Gasteiger partial charge in [-0.25, -0.2) is 4.79 Å². The summed E-state index contributed by atoms with van der Waals surface area (Å²) < 4.78 is 0. The highest BCUT2D eigenvalue weighted by Gasteiger charge is 2.42. The molecule has 2 fully saturated rings. The average Bonchev–Trinajstić information content (AvgIpc) is 3.07. The summed E-state index contributed by atoms with van der Waals surface area (Å²) in [5.74, 6) is -0.306. The van der Waals surface area contributed by atoms with Crippen molar-refractivity contribution < 1.29 is 19.5 Å². The highest BCUT2D eigenvalue weighted by molar-refractivity contribution is 5.92. The molecule has 1 aromatic carbocycles. The first-order valence-electron chi connectivity index (χ1n) is 9.62. The topological polar surface area (TPSA) is 81.2 Å². The Bertz CT molecular complexity index is 688. The normalized spacial score (nSPS) is 21.2. The largest absolute Gasteiger partial charge is 0.465 e. The number of hydrogen-bond donors (Lipinski definition) is 1. The van der Waals surface area contributed by atoms with Crippen molar-refractivity contribution in [2.24, 2.45) is 0 Å². The minimum Gasteiger partial charge on any atom is -0.465 e. The van der Waals surface area contributed by atoms with Crippen LogP contribution in [0.15, 0.2) is 30.3 Å². The van der Waals surface area contributed by atoms with Gasteiger partial charge in [-0.1, -0.05) is 30.3 Å². The lowest BCUT2D eigenvalue weighted by molar-refractivity contribution is -0.144. The van der Waals surface area contributed by atoms with E-state index in [-0.39, 0.29) is 18.4 Å². The summed E-state index contributed by atoms with van der Waals surface area (Å²) >= 11 is 0. The van der Waals surface area contributed by atoms with E-state index in [0.29, 0.717) is 13.0 Å². The molecule has 0 aromatic heterocycles. The first-order valence-corrected chi connectivity index (χ1v) is 9.62. The molecule has 146 valence electrons. The second-order valence-corrected chi connectivity index (χ2v) is 7.29. The molecule has 7 heteroatoms. The summed E-state index contributed by atoms with van der Waals surface area (Å²) in [5, 5.41) is 9.63. The molecule has 2 aliphatic heterocycles. The minimum atomic E-state index is -1.12. The van der Waals surface area contributed by atoms with Gasteiger partial charge in [-0.05, 0) is 38.2 Å². The Morgan fingerprint density at radius 3 is 2.44 bits per heavy atom. The van der Waals surface area contributed by atoms with E-state index >= 15 is 0 Å². The molecule has 3 amide bonds. The van der Waals surface area contributed by atoms with Crippen molar-refractivity contribution in [2.75, 3.05) is 19.6 Å². The smallest absolute Gasteiger partial charge is 0.408 e. The molecule has 1 N–H and O–H groups in total. The lowest BCUT2D eigenvalue weighted by atomic mass is 10.1. The molecule has 2 aliphatic rings. The molecule has 7 nitrogen and oxygen atoms in total. The molecule has 0 saturated carbocycles. The molecule has 1 aromatic rings. The number of hydrogen-bond acceptors (Lipinski definition) is 3. The van der Waals surface area contributed by atoms with Crippen molar-refractivity contribution in [3.8, 4) is 0 Å². The number of benzene rings is 1. The van der Waals surface area contributed by atoms with Crippen LogP contribution in [-0.2, 0) is 16.1 Å². The monoisotopic (exact) mass is 373 g/mol. The molecule has 0 radical (unpaired) electrons. The number of piperidine rings is 1. The Hall–Kier alpha value is -2.57. The number of nitrogens with zero attached hydrogens (tertiary/aromatic N) is 3. The van der Waals surface area contributed by atoms with Crippen molar-refractivity contribution >= 4 is 17.9 Å². The third-order valence-electron chi connectivity index (χ3n) is 5.52. The maximum absolute atomic E-state index is 12.9. The van der Waals surface area contributed by atoms with Gasteiger partial charge >= 0.3 is 6.09 Å². The van der Waals surface area contributed by atoms with Gasteiger partial charge in [0.25, 0.3) is 0 Å². The molecule has 2 saturated heterocycles. The zero-order valence-electron chi connectivity index (χ0n) is 15.7. The third-order valence-corrected chi connectivity index (χ3v) is 5.52. The first-order chi connectivity index (χ1) is 13.0. The van der Waals surface area contributed by atoms with Gasteiger partial charge in [-0.3, -0.25) is 14.5 Å². The summed E-state index contributed by atoms with van der Waals surface area (Å²) in [6.45, 7) is 3.80. The zero-order valence-corrected chi connectivity index (χ0v) is 15.7. The summed E-state index contributed by atoms with van der Waals surface area (Å²) in [6, 6.07) is 7.96. The van der Waals surface area contributed by atoms with Gasteiger partial charge in [-0.15, -0.1) is 0 Å². The minimum absolute atomic E-state index is 0.0337. The molecule has 0 bridgehead atoms. The van der Waals surface area contributed by atoms with E-state index in [4.69, 9.17) is 0 Å². The van der Waals surface area contributed by atoms with Crippen LogP contribution in [0.3, 0.4) is 0 Å². The van der Waals surface area contributed by atoms with Crippen LogP contribution in [0.2, 0.25) is 0 Å². The summed E-state index contributed by atoms with van der Waals surface area (Å²) in [5.41, 5.74) is 0.837. The number of rotatable bonds is 5. The van der Waals surface area contributed by atoms with Crippen LogP contribution in [0, 0.1) is 0 Å². The zero-order chi connectivity index (χ0) is 19.4. The summed E-state index contributed by atoms with van der Waals surface area (Å²) in [4.78, 5) is 42.0. The van der Waals surface area contributed by atoms with Crippen molar-refractivity contribution in [1.82, 2.24) is 14.7 Å². The molecule has 2 heterocycles. The van der Waals surface area contributed by atoms with E-state index in [1.54, 1.807) is 11.8 Å². The molecular formula is C20H27N3O4. The maximum atomic E-state index is 12.9. The SMILES string of the molecule is C[C@@H](C(=O)N1CCCCC1)N1CC[C@@H](N(Cc2ccccc2)C(=O)O)C1=O. The predicted octanol–water partition coefficient (Wildman–Crippen LogP) is 2.17. The van der Waals surface area contributed by atoms with Gasteiger partial charge in [-0.2, -0.15) is 0 Å². The van der Waals surface area contributed by atoms with Crippen molar-refractivity contribution in [3.05, 3.63) is 35.9 Å². The summed E-state index contributed by atoms with van der Waals surface area (Å²) in [7, 11) is 0. The average molecular weight is 373 g/mol. The molecule has 2 atom stereocenters. The Balaban J connectivity index is 1.68. The Labute approximate surface area is 159 Å². The van der Waals surface area contributed by atoms with E-state index in [1.807, 2.05) is 35.2 Å².